The summed E-state index contributed by atoms with van der Waals surface area (Å²) in [5.41, 5.74) is 7.94. The number of nitrogens with zero attached hydrogens (tertiary/aromatic N) is 1. The van der Waals surface area contributed by atoms with Crippen molar-refractivity contribution in [3.05, 3.63) is 23.8 Å². The van der Waals surface area contributed by atoms with Crippen molar-refractivity contribution in [3.63, 3.8) is 0 Å². The second-order valence-corrected chi connectivity index (χ2v) is 5.51. The number of nitrogens with two attached hydrogens (primary N) is 1. The number of nitrogen functional groups attached to an aromatic ring is 1. The summed E-state index contributed by atoms with van der Waals surface area (Å²) in [7, 11) is 4.26. The van der Waals surface area contributed by atoms with Crippen LogP contribution in [0.2, 0.25) is 0 Å². The second-order valence-electron chi connectivity index (χ2n) is 5.51. The van der Waals surface area contributed by atoms with Gasteiger partial charge in [-0.1, -0.05) is 12.5 Å². The van der Waals surface area contributed by atoms with E-state index in [1.165, 1.54) is 24.8 Å². The van der Waals surface area contributed by atoms with Crippen LogP contribution in [0.25, 0.3) is 0 Å². The fourth-order valence-electron chi connectivity index (χ4n) is 2.74. The zero-order chi connectivity index (χ0) is 13.1. The van der Waals surface area contributed by atoms with E-state index < -0.39 is 0 Å². The van der Waals surface area contributed by atoms with Crippen LogP contribution in [0.5, 0.6) is 5.75 Å². The molecule has 0 aromatic heterocycles. The van der Waals surface area contributed by atoms with Gasteiger partial charge in [-0.05, 0) is 58.0 Å². The first kappa shape index (κ1) is 13.2. The van der Waals surface area contributed by atoms with Crippen molar-refractivity contribution < 1.29 is 4.74 Å². The molecule has 2 rings (SSSR count). The predicted molar refractivity (Wildman–Crippen MR) is 76.0 cm³/mol. The van der Waals surface area contributed by atoms with Crippen molar-refractivity contribution >= 4 is 5.69 Å². The van der Waals surface area contributed by atoms with Gasteiger partial charge in [-0.2, -0.15) is 0 Å². The van der Waals surface area contributed by atoms with Gasteiger partial charge in [0.05, 0.1) is 5.69 Å². The van der Waals surface area contributed by atoms with Crippen LogP contribution in [-0.2, 0) is 0 Å². The first-order chi connectivity index (χ1) is 8.58. The van der Waals surface area contributed by atoms with Gasteiger partial charge in [0.15, 0.2) is 0 Å². The van der Waals surface area contributed by atoms with E-state index in [-0.39, 0.29) is 6.10 Å². The van der Waals surface area contributed by atoms with Crippen molar-refractivity contribution in [2.24, 2.45) is 0 Å². The number of ether oxygens (including phenoxy) is 1. The first-order valence-electron chi connectivity index (χ1n) is 6.77. The average Bonchev–Trinajstić information content (AvgIpc) is 2.33. The van der Waals surface area contributed by atoms with Crippen molar-refractivity contribution in [2.75, 3.05) is 19.8 Å². The summed E-state index contributed by atoms with van der Waals surface area (Å²) in [6.07, 6.45) is 5.14. The largest absolute Gasteiger partial charge is 0.487 e. The third-order valence-electron chi connectivity index (χ3n) is 3.77. The Balaban J connectivity index is 2.11. The summed E-state index contributed by atoms with van der Waals surface area (Å²) in [6.45, 7) is 2.05. The lowest BCUT2D eigenvalue weighted by molar-refractivity contribution is 0.0628. The Morgan fingerprint density at radius 2 is 1.94 bits per heavy atom. The third kappa shape index (κ3) is 2.96. The average molecular weight is 248 g/mol. The first-order valence-corrected chi connectivity index (χ1v) is 6.77. The Kier molecular flexibility index (Phi) is 4.12. The molecule has 3 nitrogen and oxygen atoms in total. The molecule has 0 heterocycles. The van der Waals surface area contributed by atoms with Crippen LogP contribution in [0.4, 0.5) is 5.69 Å². The minimum Gasteiger partial charge on any atom is -0.487 e. The molecular formula is C15H24N2O. The summed E-state index contributed by atoms with van der Waals surface area (Å²) in [5, 5.41) is 0. The van der Waals surface area contributed by atoms with E-state index in [0.29, 0.717) is 6.04 Å². The Labute approximate surface area is 110 Å². The van der Waals surface area contributed by atoms with Crippen LogP contribution in [-0.4, -0.2) is 31.1 Å². The van der Waals surface area contributed by atoms with E-state index in [1.54, 1.807) is 0 Å². The molecule has 18 heavy (non-hydrogen) atoms. The Hall–Kier alpha value is -1.22. The number of hydrogen-bond acceptors (Lipinski definition) is 3. The highest BCUT2D eigenvalue weighted by molar-refractivity contribution is 5.54. The lowest BCUT2D eigenvalue weighted by Gasteiger charge is -2.36. The molecule has 1 aliphatic carbocycles. The van der Waals surface area contributed by atoms with Gasteiger partial charge in [0.25, 0.3) is 0 Å². The molecule has 1 saturated carbocycles. The van der Waals surface area contributed by atoms with E-state index >= 15 is 0 Å². The molecule has 1 fully saturated rings. The third-order valence-corrected chi connectivity index (χ3v) is 3.77. The lowest BCUT2D eigenvalue weighted by Crippen LogP contribution is -2.44. The fraction of sp³-hybridized carbons (Fsp3) is 0.600. The van der Waals surface area contributed by atoms with Gasteiger partial charge < -0.3 is 15.4 Å². The molecule has 100 valence electrons. The van der Waals surface area contributed by atoms with Gasteiger partial charge in [-0.25, -0.2) is 0 Å². The summed E-state index contributed by atoms with van der Waals surface area (Å²) < 4.78 is 6.15. The highest BCUT2D eigenvalue weighted by Gasteiger charge is 2.28. The minimum absolute atomic E-state index is 0.263. The molecule has 2 N–H and O–H groups in total. The molecule has 1 aromatic carbocycles. The zero-order valence-corrected chi connectivity index (χ0v) is 11.6. The Morgan fingerprint density at radius 3 is 2.61 bits per heavy atom. The summed E-state index contributed by atoms with van der Waals surface area (Å²) in [6, 6.07) is 6.52. The number of hydrogen-bond donors (Lipinski definition) is 1. The van der Waals surface area contributed by atoms with Crippen LogP contribution >= 0.6 is 0 Å². The van der Waals surface area contributed by atoms with Crippen molar-refractivity contribution in [3.8, 4) is 5.75 Å². The number of likely N-dealkylation sites (N-methyl/N-ethyl adjacent to an activating group) is 1. The molecule has 0 radical (unpaired) electrons. The number of anilines is 1. The van der Waals surface area contributed by atoms with Gasteiger partial charge in [-0.3, -0.25) is 0 Å². The van der Waals surface area contributed by atoms with Gasteiger partial charge >= 0.3 is 0 Å². The molecule has 1 aliphatic rings. The van der Waals surface area contributed by atoms with Crippen molar-refractivity contribution in [1.82, 2.24) is 4.90 Å². The Bertz CT molecular complexity index is 403. The van der Waals surface area contributed by atoms with Crippen LogP contribution in [0.15, 0.2) is 18.2 Å². The van der Waals surface area contributed by atoms with Crippen LogP contribution in [0, 0.1) is 6.92 Å². The second kappa shape index (κ2) is 5.61. The maximum atomic E-state index is 6.15. The molecule has 0 saturated heterocycles. The van der Waals surface area contributed by atoms with Gasteiger partial charge in [0.2, 0.25) is 0 Å². The van der Waals surface area contributed by atoms with Crippen LogP contribution in [0.1, 0.15) is 31.2 Å². The molecule has 3 heteroatoms. The van der Waals surface area contributed by atoms with Gasteiger partial charge in [0, 0.05) is 6.04 Å². The van der Waals surface area contributed by atoms with Crippen molar-refractivity contribution in [2.45, 2.75) is 44.8 Å². The molecule has 2 atom stereocenters. The molecule has 0 aliphatic heterocycles. The summed E-state index contributed by atoms with van der Waals surface area (Å²) >= 11 is 0. The molecule has 1 aromatic rings. The van der Waals surface area contributed by atoms with Crippen LogP contribution in [0.3, 0.4) is 0 Å². The molecule has 0 spiro atoms. The highest BCUT2D eigenvalue weighted by Crippen LogP contribution is 2.29. The molecule has 0 amide bonds. The monoisotopic (exact) mass is 248 g/mol. The number of rotatable bonds is 3. The quantitative estimate of drug-likeness (QED) is 0.836. The van der Waals surface area contributed by atoms with E-state index in [4.69, 9.17) is 10.5 Å². The fourth-order valence-corrected chi connectivity index (χ4v) is 2.74. The molecular weight excluding hydrogens is 224 g/mol. The lowest BCUT2D eigenvalue weighted by atomic mass is 9.91. The zero-order valence-electron chi connectivity index (χ0n) is 11.6. The predicted octanol–water partition coefficient (Wildman–Crippen LogP) is 2.83. The SMILES string of the molecule is Cc1ccc(OC2CCCCC2N(C)C)c(N)c1. The van der Waals surface area contributed by atoms with E-state index in [9.17, 15) is 0 Å². The van der Waals surface area contributed by atoms with Gasteiger partial charge in [0.1, 0.15) is 11.9 Å². The number of aryl methyl sites for hydroxylation is 1. The molecule has 2 unspecified atom stereocenters. The normalized spacial score (nSPS) is 24.2. The van der Waals surface area contributed by atoms with Crippen LogP contribution < -0.4 is 10.5 Å². The summed E-state index contributed by atoms with van der Waals surface area (Å²) in [5.74, 6) is 0.833. The van der Waals surface area contributed by atoms with E-state index in [0.717, 1.165) is 17.9 Å². The standard InChI is InChI=1S/C15H24N2O/c1-11-8-9-14(12(16)10-11)18-15-7-5-4-6-13(15)17(2)3/h8-10,13,15H,4-7,16H2,1-3H3. The maximum Gasteiger partial charge on any atom is 0.142 e. The number of benzene rings is 1. The van der Waals surface area contributed by atoms with E-state index in [1.807, 2.05) is 19.1 Å². The summed E-state index contributed by atoms with van der Waals surface area (Å²) in [4.78, 5) is 2.27. The maximum absolute atomic E-state index is 6.15. The smallest absolute Gasteiger partial charge is 0.142 e. The van der Waals surface area contributed by atoms with Crippen molar-refractivity contribution in [1.29, 1.82) is 0 Å². The van der Waals surface area contributed by atoms with Gasteiger partial charge in [-0.15, -0.1) is 0 Å². The Morgan fingerprint density at radius 1 is 1.22 bits per heavy atom. The minimum atomic E-state index is 0.263. The highest BCUT2D eigenvalue weighted by atomic mass is 16.5. The topological polar surface area (TPSA) is 38.5 Å². The van der Waals surface area contributed by atoms with E-state index in [2.05, 4.69) is 25.1 Å². The molecule has 0 bridgehead atoms.